The number of hydrogen-bond acceptors (Lipinski definition) is 4. The molecule has 1 fully saturated rings. The molecule has 1 heterocycles. The molecule has 0 unspecified atom stereocenters. The number of aromatic hydroxyl groups is 1. The van der Waals surface area contributed by atoms with Crippen LogP contribution in [0.2, 0.25) is 0 Å². The Hall–Kier alpha value is -2.08. The minimum atomic E-state index is -0.724. The van der Waals surface area contributed by atoms with E-state index in [9.17, 15) is 14.7 Å². The van der Waals surface area contributed by atoms with Crippen LogP contribution in [-0.4, -0.2) is 59.9 Å². The molecule has 2 amide bonds. The molecule has 0 atom stereocenters. The molecule has 0 spiro atoms. The van der Waals surface area contributed by atoms with Crippen molar-refractivity contribution in [1.82, 2.24) is 9.80 Å². The number of rotatable bonds is 2. The number of benzene rings is 1. The largest absolute Gasteiger partial charge is 0.506 e. The van der Waals surface area contributed by atoms with Gasteiger partial charge in [-0.15, -0.1) is 0 Å². The molecule has 0 saturated carbocycles. The van der Waals surface area contributed by atoms with Gasteiger partial charge in [0, 0.05) is 13.1 Å². The Labute approximate surface area is 124 Å². The number of phenols is 1. The number of likely N-dealkylation sites (tertiary alicyclic amines) is 1. The molecule has 1 aromatic carbocycles. The van der Waals surface area contributed by atoms with Crippen LogP contribution in [0.5, 0.6) is 5.75 Å². The van der Waals surface area contributed by atoms with Crippen molar-refractivity contribution in [1.29, 1.82) is 0 Å². The maximum absolute atomic E-state index is 12.2. The summed E-state index contributed by atoms with van der Waals surface area (Å²) in [6, 6.07) is 6.43. The second kappa shape index (κ2) is 6.58. The SMILES string of the molecule is CN1CCC(N(C)C(=O)C(=O)Nc2ccccc2O)CC1. The number of hydrogen-bond donors (Lipinski definition) is 2. The van der Waals surface area contributed by atoms with Crippen molar-refractivity contribution in [3.63, 3.8) is 0 Å². The second-order valence-electron chi connectivity index (χ2n) is 5.42. The lowest BCUT2D eigenvalue weighted by Crippen LogP contribution is -2.47. The van der Waals surface area contributed by atoms with E-state index in [2.05, 4.69) is 10.2 Å². The quantitative estimate of drug-likeness (QED) is 0.627. The number of piperidine rings is 1. The molecule has 0 aromatic heterocycles. The molecular weight excluding hydrogens is 270 g/mol. The third kappa shape index (κ3) is 3.72. The van der Waals surface area contributed by atoms with E-state index < -0.39 is 11.8 Å². The van der Waals surface area contributed by atoms with E-state index in [1.165, 1.54) is 11.0 Å². The third-order valence-corrected chi connectivity index (χ3v) is 3.90. The Kier molecular flexibility index (Phi) is 4.80. The number of likely N-dealkylation sites (N-methyl/N-ethyl adjacent to an activating group) is 1. The van der Waals surface area contributed by atoms with Gasteiger partial charge in [-0.1, -0.05) is 12.1 Å². The lowest BCUT2D eigenvalue weighted by atomic mass is 10.0. The van der Waals surface area contributed by atoms with Gasteiger partial charge < -0.3 is 20.2 Å². The number of phenolic OH excluding ortho intramolecular Hbond substituents is 1. The molecule has 2 N–H and O–H groups in total. The van der Waals surface area contributed by atoms with E-state index in [1.54, 1.807) is 25.2 Å². The molecule has 6 heteroatoms. The van der Waals surface area contributed by atoms with Crippen LogP contribution in [0.4, 0.5) is 5.69 Å². The highest BCUT2D eigenvalue weighted by molar-refractivity contribution is 6.39. The van der Waals surface area contributed by atoms with Gasteiger partial charge in [0.25, 0.3) is 0 Å². The number of para-hydroxylation sites is 2. The van der Waals surface area contributed by atoms with Crippen molar-refractivity contribution < 1.29 is 14.7 Å². The summed E-state index contributed by atoms with van der Waals surface area (Å²) >= 11 is 0. The smallest absolute Gasteiger partial charge is 0.314 e. The molecule has 6 nitrogen and oxygen atoms in total. The predicted molar refractivity (Wildman–Crippen MR) is 80.0 cm³/mol. The van der Waals surface area contributed by atoms with Gasteiger partial charge in [0.05, 0.1) is 5.69 Å². The van der Waals surface area contributed by atoms with Crippen molar-refractivity contribution in [3.8, 4) is 5.75 Å². The summed E-state index contributed by atoms with van der Waals surface area (Å²) < 4.78 is 0. The van der Waals surface area contributed by atoms with Gasteiger partial charge >= 0.3 is 11.8 Å². The van der Waals surface area contributed by atoms with Crippen LogP contribution < -0.4 is 5.32 Å². The molecule has 0 bridgehead atoms. The van der Waals surface area contributed by atoms with Crippen LogP contribution >= 0.6 is 0 Å². The highest BCUT2D eigenvalue weighted by Gasteiger charge is 2.28. The van der Waals surface area contributed by atoms with Gasteiger partial charge in [-0.3, -0.25) is 9.59 Å². The normalized spacial score (nSPS) is 16.5. The summed E-state index contributed by atoms with van der Waals surface area (Å²) in [7, 11) is 3.70. The Morgan fingerprint density at radius 3 is 2.52 bits per heavy atom. The van der Waals surface area contributed by atoms with Crippen LogP contribution in [0.3, 0.4) is 0 Å². The van der Waals surface area contributed by atoms with Crippen LogP contribution in [0, 0.1) is 0 Å². The highest BCUT2D eigenvalue weighted by atomic mass is 16.3. The molecule has 114 valence electrons. The average Bonchev–Trinajstić information content (AvgIpc) is 2.49. The number of carbonyl (C=O) groups is 2. The Bertz CT molecular complexity index is 525. The number of nitrogens with one attached hydrogen (secondary N) is 1. The molecule has 0 radical (unpaired) electrons. The summed E-state index contributed by atoms with van der Waals surface area (Å²) in [5, 5.41) is 12.1. The minimum absolute atomic E-state index is 0.0550. The summed E-state index contributed by atoms with van der Waals surface area (Å²) in [5.41, 5.74) is 0.243. The average molecular weight is 291 g/mol. The zero-order valence-electron chi connectivity index (χ0n) is 12.4. The van der Waals surface area contributed by atoms with Gasteiger partial charge in [-0.05, 0) is 45.1 Å². The van der Waals surface area contributed by atoms with E-state index in [0.717, 1.165) is 25.9 Å². The minimum Gasteiger partial charge on any atom is -0.506 e. The first-order chi connectivity index (χ1) is 9.99. The molecule has 0 aliphatic carbocycles. The first kappa shape index (κ1) is 15.3. The maximum Gasteiger partial charge on any atom is 0.314 e. The Morgan fingerprint density at radius 1 is 1.29 bits per heavy atom. The van der Waals surface area contributed by atoms with E-state index in [4.69, 9.17) is 0 Å². The van der Waals surface area contributed by atoms with Gasteiger partial charge in [0.1, 0.15) is 5.75 Å². The lowest BCUT2D eigenvalue weighted by Gasteiger charge is -2.34. The first-order valence-electron chi connectivity index (χ1n) is 7.03. The number of amides is 2. The van der Waals surface area contributed by atoms with Crippen LogP contribution in [0.15, 0.2) is 24.3 Å². The van der Waals surface area contributed by atoms with Gasteiger partial charge in [-0.2, -0.15) is 0 Å². The number of anilines is 1. The summed E-state index contributed by atoms with van der Waals surface area (Å²) in [6.45, 7) is 1.84. The van der Waals surface area contributed by atoms with Gasteiger partial charge in [0.2, 0.25) is 0 Å². The lowest BCUT2D eigenvalue weighted by molar-refractivity contribution is -0.144. The van der Waals surface area contributed by atoms with E-state index in [1.807, 2.05) is 7.05 Å². The van der Waals surface area contributed by atoms with E-state index in [-0.39, 0.29) is 17.5 Å². The molecule has 2 rings (SSSR count). The predicted octanol–water partition coefficient (Wildman–Crippen LogP) is 0.883. The number of nitrogens with zero attached hydrogens (tertiary/aromatic N) is 2. The standard InChI is InChI=1S/C15H21N3O3/c1-17-9-7-11(8-10-17)18(2)15(21)14(20)16-12-5-3-4-6-13(12)19/h3-6,11,19H,7-10H2,1-2H3,(H,16,20). The van der Waals surface area contributed by atoms with Crippen LogP contribution in [-0.2, 0) is 9.59 Å². The van der Waals surface area contributed by atoms with Crippen molar-refractivity contribution in [2.75, 3.05) is 32.5 Å². The Balaban J connectivity index is 1.96. The molecule has 1 saturated heterocycles. The summed E-state index contributed by atoms with van der Waals surface area (Å²) in [6.07, 6.45) is 1.73. The molecular formula is C15H21N3O3. The topological polar surface area (TPSA) is 72.9 Å². The van der Waals surface area contributed by atoms with Crippen molar-refractivity contribution >= 4 is 17.5 Å². The van der Waals surface area contributed by atoms with Gasteiger partial charge in [0.15, 0.2) is 0 Å². The fraction of sp³-hybridized carbons (Fsp3) is 0.467. The fourth-order valence-corrected chi connectivity index (χ4v) is 2.46. The zero-order chi connectivity index (χ0) is 15.4. The monoisotopic (exact) mass is 291 g/mol. The molecule has 1 aromatic rings. The summed E-state index contributed by atoms with van der Waals surface area (Å²) in [5.74, 6) is -1.36. The number of carbonyl (C=O) groups excluding carboxylic acids is 2. The van der Waals surface area contributed by atoms with Crippen molar-refractivity contribution in [2.24, 2.45) is 0 Å². The van der Waals surface area contributed by atoms with Crippen LogP contribution in [0.1, 0.15) is 12.8 Å². The van der Waals surface area contributed by atoms with E-state index in [0.29, 0.717) is 0 Å². The molecule has 1 aliphatic heterocycles. The van der Waals surface area contributed by atoms with Gasteiger partial charge in [-0.25, -0.2) is 0 Å². The van der Waals surface area contributed by atoms with Crippen molar-refractivity contribution in [3.05, 3.63) is 24.3 Å². The maximum atomic E-state index is 12.2. The van der Waals surface area contributed by atoms with Crippen LogP contribution in [0.25, 0.3) is 0 Å². The Morgan fingerprint density at radius 2 is 1.90 bits per heavy atom. The van der Waals surface area contributed by atoms with Crippen molar-refractivity contribution in [2.45, 2.75) is 18.9 Å². The van der Waals surface area contributed by atoms with E-state index >= 15 is 0 Å². The third-order valence-electron chi connectivity index (χ3n) is 3.90. The first-order valence-corrected chi connectivity index (χ1v) is 7.03. The highest BCUT2D eigenvalue weighted by Crippen LogP contribution is 2.21. The molecule has 1 aliphatic rings. The molecule has 21 heavy (non-hydrogen) atoms. The second-order valence-corrected chi connectivity index (χ2v) is 5.42. The fourth-order valence-electron chi connectivity index (χ4n) is 2.46. The zero-order valence-corrected chi connectivity index (χ0v) is 12.4. The summed E-state index contributed by atoms with van der Waals surface area (Å²) in [4.78, 5) is 27.9.